The summed E-state index contributed by atoms with van der Waals surface area (Å²) in [6.45, 7) is 1.29. The number of nitrogens with zero attached hydrogens (tertiary/aromatic N) is 2. The average molecular weight is 436 g/mol. The van der Waals surface area contributed by atoms with Crippen molar-refractivity contribution in [1.82, 2.24) is 15.1 Å². The lowest BCUT2D eigenvalue weighted by molar-refractivity contribution is -0.142. The van der Waals surface area contributed by atoms with Crippen LogP contribution in [0.4, 0.5) is 13.2 Å². The van der Waals surface area contributed by atoms with Crippen LogP contribution < -0.4 is 14.8 Å². The van der Waals surface area contributed by atoms with E-state index in [1.165, 1.54) is 21.1 Å². The van der Waals surface area contributed by atoms with Crippen LogP contribution >= 0.6 is 15.9 Å². The monoisotopic (exact) mass is 435 g/mol. The molecule has 0 aliphatic heterocycles. The van der Waals surface area contributed by atoms with Crippen molar-refractivity contribution in [2.45, 2.75) is 26.2 Å². The molecule has 0 radical (unpaired) electrons. The molecule has 2 aromatic rings. The normalized spacial score (nSPS) is 11.3. The van der Waals surface area contributed by atoms with E-state index in [0.717, 1.165) is 10.2 Å². The number of carbonyl (C=O) groups excluding carboxylic acids is 1. The van der Waals surface area contributed by atoms with Crippen molar-refractivity contribution in [1.29, 1.82) is 0 Å². The van der Waals surface area contributed by atoms with E-state index in [1.54, 1.807) is 18.2 Å². The Balaban J connectivity index is 2.06. The van der Waals surface area contributed by atoms with Crippen LogP contribution in [0, 0.1) is 6.92 Å². The van der Waals surface area contributed by atoms with E-state index in [-0.39, 0.29) is 23.3 Å². The van der Waals surface area contributed by atoms with Gasteiger partial charge in [0.1, 0.15) is 18.0 Å². The lowest BCUT2D eigenvalue weighted by Crippen LogP contribution is -2.28. The van der Waals surface area contributed by atoms with Gasteiger partial charge in [-0.05, 0) is 40.5 Å². The summed E-state index contributed by atoms with van der Waals surface area (Å²) in [6.07, 6.45) is -4.59. The average Bonchev–Trinajstić information content (AvgIpc) is 2.88. The number of methoxy groups -OCH3 is 2. The number of alkyl halides is 3. The van der Waals surface area contributed by atoms with E-state index in [9.17, 15) is 18.0 Å². The van der Waals surface area contributed by atoms with Gasteiger partial charge in [-0.15, -0.1) is 0 Å². The Labute approximate surface area is 156 Å². The molecule has 10 heteroatoms. The smallest absolute Gasteiger partial charge is 0.436 e. The number of amides is 1. The second-order valence-corrected chi connectivity index (χ2v) is 6.19. The zero-order chi connectivity index (χ0) is 19.5. The summed E-state index contributed by atoms with van der Waals surface area (Å²) in [7, 11) is 3.02. The molecule has 1 amide bonds. The van der Waals surface area contributed by atoms with Gasteiger partial charge in [0.15, 0.2) is 5.69 Å². The maximum absolute atomic E-state index is 12.9. The highest BCUT2D eigenvalue weighted by atomic mass is 79.9. The van der Waals surface area contributed by atoms with Crippen molar-refractivity contribution in [3.05, 3.63) is 39.6 Å². The summed E-state index contributed by atoms with van der Waals surface area (Å²) in [5.74, 6) is 0.657. The minimum atomic E-state index is -4.59. The van der Waals surface area contributed by atoms with Crippen molar-refractivity contribution >= 4 is 21.8 Å². The van der Waals surface area contributed by atoms with E-state index < -0.39 is 17.8 Å². The number of ether oxygens (including phenoxy) is 2. The molecule has 6 nitrogen and oxygen atoms in total. The van der Waals surface area contributed by atoms with Crippen molar-refractivity contribution in [3.63, 3.8) is 0 Å². The fraction of sp³-hybridized carbons (Fsp3) is 0.375. The first-order chi connectivity index (χ1) is 12.2. The van der Waals surface area contributed by atoms with Gasteiger partial charge in [-0.2, -0.15) is 18.3 Å². The Kier molecular flexibility index (Phi) is 6.17. The molecule has 26 heavy (non-hydrogen) atoms. The molecule has 0 spiro atoms. The maximum atomic E-state index is 12.9. The first kappa shape index (κ1) is 20.1. The molecular formula is C16H17BrF3N3O3. The SMILES string of the molecule is COc1cc(CNC(=O)Cn2nc(C(F)(F)F)c(Br)c2C)cc(OC)c1. The van der Waals surface area contributed by atoms with E-state index >= 15 is 0 Å². The van der Waals surface area contributed by atoms with Crippen LogP contribution in [0.25, 0.3) is 0 Å². The van der Waals surface area contributed by atoms with Gasteiger partial charge >= 0.3 is 6.18 Å². The summed E-state index contributed by atoms with van der Waals surface area (Å²) in [4.78, 5) is 12.1. The second kappa shape index (κ2) is 7.98. The number of rotatable bonds is 6. The Morgan fingerprint density at radius 3 is 2.27 bits per heavy atom. The van der Waals surface area contributed by atoms with Crippen molar-refractivity contribution in [2.24, 2.45) is 0 Å². The third-order valence-corrected chi connectivity index (χ3v) is 4.55. The fourth-order valence-electron chi connectivity index (χ4n) is 2.22. The minimum Gasteiger partial charge on any atom is -0.497 e. The molecule has 0 aliphatic rings. The van der Waals surface area contributed by atoms with Crippen LogP contribution in [-0.4, -0.2) is 29.9 Å². The molecular weight excluding hydrogens is 419 g/mol. The lowest BCUT2D eigenvalue weighted by atomic mass is 10.2. The Bertz CT molecular complexity index is 784. The summed E-state index contributed by atoms with van der Waals surface area (Å²) in [6, 6.07) is 5.13. The largest absolute Gasteiger partial charge is 0.497 e. The number of carbonyl (C=O) groups is 1. The highest BCUT2D eigenvalue weighted by Crippen LogP contribution is 2.35. The van der Waals surface area contributed by atoms with Gasteiger partial charge in [0.2, 0.25) is 5.91 Å². The van der Waals surface area contributed by atoms with Gasteiger partial charge in [0.25, 0.3) is 0 Å². The van der Waals surface area contributed by atoms with Gasteiger partial charge in [-0.3, -0.25) is 9.48 Å². The Morgan fingerprint density at radius 1 is 1.23 bits per heavy atom. The number of nitrogens with one attached hydrogen (secondary N) is 1. The molecule has 1 N–H and O–H groups in total. The summed E-state index contributed by atoms with van der Waals surface area (Å²) >= 11 is 2.87. The van der Waals surface area contributed by atoms with Gasteiger partial charge < -0.3 is 14.8 Å². The topological polar surface area (TPSA) is 65.4 Å². The van der Waals surface area contributed by atoms with Crippen LogP contribution in [0.2, 0.25) is 0 Å². The predicted molar refractivity (Wildman–Crippen MR) is 91.1 cm³/mol. The number of aromatic nitrogens is 2. The van der Waals surface area contributed by atoms with Crippen LogP contribution in [0.5, 0.6) is 11.5 Å². The van der Waals surface area contributed by atoms with E-state index in [4.69, 9.17) is 9.47 Å². The Morgan fingerprint density at radius 2 is 1.81 bits per heavy atom. The molecule has 142 valence electrons. The molecule has 1 heterocycles. The number of benzene rings is 1. The molecule has 0 atom stereocenters. The zero-order valence-electron chi connectivity index (χ0n) is 14.3. The summed E-state index contributed by atoms with van der Waals surface area (Å²) < 4.78 is 49.7. The number of hydrogen-bond acceptors (Lipinski definition) is 4. The fourth-order valence-corrected chi connectivity index (χ4v) is 2.73. The van der Waals surface area contributed by atoms with Crippen LogP contribution in [0.1, 0.15) is 17.0 Å². The Hall–Kier alpha value is -2.23. The standard InChI is InChI=1S/C16H17BrF3N3O3/c1-9-14(17)15(16(18,19)20)22-23(9)8-13(24)21-7-10-4-11(25-2)6-12(5-10)26-3/h4-6H,7-8H2,1-3H3,(H,21,24). The van der Waals surface area contributed by atoms with Gasteiger partial charge in [0, 0.05) is 12.6 Å². The number of hydrogen-bond donors (Lipinski definition) is 1. The molecule has 0 bridgehead atoms. The maximum Gasteiger partial charge on any atom is 0.436 e. The zero-order valence-corrected chi connectivity index (χ0v) is 15.9. The van der Waals surface area contributed by atoms with E-state index in [0.29, 0.717) is 11.5 Å². The van der Waals surface area contributed by atoms with Crippen LogP contribution in [-0.2, 0) is 24.1 Å². The molecule has 0 aliphatic carbocycles. The lowest BCUT2D eigenvalue weighted by Gasteiger charge is -2.10. The summed E-state index contributed by atoms with van der Waals surface area (Å²) in [5.41, 5.74) is -0.111. The molecule has 2 rings (SSSR count). The molecule has 0 unspecified atom stereocenters. The van der Waals surface area contributed by atoms with Gasteiger partial charge in [-0.1, -0.05) is 0 Å². The van der Waals surface area contributed by atoms with Crippen molar-refractivity contribution < 1.29 is 27.4 Å². The van der Waals surface area contributed by atoms with Crippen LogP contribution in [0.15, 0.2) is 22.7 Å². The highest BCUT2D eigenvalue weighted by molar-refractivity contribution is 9.10. The van der Waals surface area contributed by atoms with E-state index in [2.05, 4.69) is 26.3 Å². The minimum absolute atomic E-state index is 0.167. The van der Waals surface area contributed by atoms with Gasteiger partial charge in [-0.25, -0.2) is 0 Å². The van der Waals surface area contributed by atoms with Crippen molar-refractivity contribution in [2.75, 3.05) is 14.2 Å². The first-order valence-electron chi connectivity index (χ1n) is 7.44. The quantitative estimate of drug-likeness (QED) is 0.755. The first-order valence-corrected chi connectivity index (χ1v) is 8.23. The predicted octanol–water partition coefficient (Wildman–Crippen LogP) is 3.31. The molecule has 0 saturated heterocycles. The molecule has 0 fully saturated rings. The number of halogens is 4. The highest BCUT2D eigenvalue weighted by Gasteiger charge is 2.38. The van der Waals surface area contributed by atoms with Crippen molar-refractivity contribution in [3.8, 4) is 11.5 Å². The third kappa shape index (κ3) is 4.69. The van der Waals surface area contributed by atoms with Crippen LogP contribution in [0.3, 0.4) is 0 Å². The third-order valence-electron chi connectivity index (χ3n) is 3.60. The summed E-state index contributed by atoms with van der Waals surface area (Å²) in [5, 5.41) is 6.11. The van der Waals surface area contributed by atoms with Gasteiger partial charge in [0.05, 0.1) is 24.4 Å². The van der Waals surface area contributed by atoms with E-state index in [1.807, 2.05) is 0 Å². The molecule has 1 aromatic carbocycles. The molecule has 1 aromatic heterocycles. The molecule has 0 saturated carbocycles. The second-order valence-electron chi connectivity index (χ2n) is 5.40.